The van der Waals surface area contributed by atoms with Crippen molar-refractivity contribution in [2.75, 3.05) is 24.8 Å². The molecule has 10 heteroatoms. The van der Waals surface area contributed by atoms with Gasteiger partial charge in [-0.2, -0.15) is 5.26 Å². The Hall–Kier alpha value is -3.68. The highest BCUT2D eigenvalue weighted by molar-refractivity contribution is 7.99. The van der Waals surface area contributed by atoms with Gasteiger partial charge in [0.2, 0.25) is 5.91 Å². The van der Waals surface area contributed by atoms with Crippen LogP contribution in [0.4, 0.5) is 5.00 Å². The zero-order chi connectivity index (χ0) is 27.9. The lowest BCUT2D eigenvalue weighted by Gasteiger charge is -2.25. The second kappa shape index (κ2) is 12.9. The molecule has 0 saturated carbocycles. The molecule has 3 aromatic rings. The third-order valence-corrected chi connectivity index (χ3v) is 8.74. The first-order chi connectivity index (χ1) is 18.9. The lowest BCUT2D eigenvalue weighted by Crippen LogP contribution is -2.16. The van der Waals surface area contributed by atoms with E-state index in [1.807, 2.05) is 12.1 Å². The van der Waals surface area contributed by atoms with E-state index in [1.165, 1.54) is 24.4 Å². The van der Waals surface area contributed by atoms with Gasteiger partial charge in [0.05, 0.1) is 24.8 Å². The molecule has 0 aliphatic heterocycles. The molecule has 39 heavy (non-hydrogen) atoms. The number of benzene rings is 1. The highest BCUT2D eigenvalue weighted by Crippen LogP contribution is 2.36. The summed E-state index contributed by atoms with van der Waals surface area (Å²) in [6, 6.07) is 14.6. The van der Waals surface area contributed by atoms with Crippen LogP contribution in [0.15, 0.2) is 41.4 Å². The van der Waals surface area contributed by atoms with Gasteiger partial charge in [-0.15, -0.1) is 23.1 Å². The number of thioether (sulfide) groups is 1. The Labute approximate surface area is 235 Å². The number of nitriles is 1. The fourth-order valence-corrected chi connectivity index (χ4v) is 6.64. The first-order valence-electron chi connectivity index (χ1n) is 12.7. The molecule has 1 amide bonds. The summed E-state index contributed by atoms with van der Waals surface area (Å²) in [5, 5.41) is 13.4. The van der Waals surface area contributed by atoms with Crippen LogP contribution in [0.3, 0.4) is 0 Å². The molecule has 1 aliphatic carbocycles. The zero-order valence-electron chi connectivity index (χ0n) is 22.0. The predicted octanol–water partition coefficient (Wildman–Crippen LogP) is 5.68. The maximum Gasteiger partial charge on any atom is 0.348 e. The van der Waals surface area contributed by atoms with Crippen LogP contribution in [0, 0.1) is 18.3 Å². The third kappa shape index (κ3) is 6.49. The van der Waals surface area contributed by atoms with Crippen LogP contribution in [0.5, 0.6) is 0 Å². The highest BCUT2D eigenvalue weighted by atomic mass is 32.2. The number of aryl methyl sites for hydroxylation is 1. The monoisotopic (exact) mass is 563 g/mol. The molecule has 0 bridgehead atoms. The molecule has 0 saturated heterocycles. The molecule has 1 aliphatic rings. The Bertz CT molecular complexity index is 1430. The van der Waals surface area contributed by atoms with Crippen molar-refractivity contribution in [3.05, 3.63) is 74.8 Å². The summed E-state index contributed by atoms with van der Waals surface area (Å²) >= 11 is 2.35. The molecular weight excluding hydrogens is 534 g/mol. The molecule has 1 atom stereocenters. The summed E-state index contributed by atoms with van der Waals surface area (Å²) in [6.45, 7) is 3.50. The van der Waals surface area contributed by atoms with Gasteiger partial charge in [0.25, 0.3) is 0 Å². The summed E-state index contributed by atoms with van der Waals surface area (Å²) in [4.78, 5) is 42.5. The van der Waals surface area contributed by atoms with Gasteiger partial charge in [0.15, 0.2) is 0 Å². The fourth-order valence-electron chi connectivity index (χ4n) is 4.62. The van der Waals surface area contributed by atoms with Crippen molar-refractivity contribution < 1.29 is 23.9 Å². The minimum Gasteiger partial charge on any atom is -0.465 e. The van der Waals surface area contributed by atoms with Crippen molar-refractivity contribution in [2.45, 2.75) is 50.5 Å². The number of pyridine rings is 1. The van der Waals surface area contributed by atoms with Gasteiger partial charge in [-0.3, -0.25) is 4.79 Å². The van der Waals surface area contributed by atoms with Crippen molar-refractivity contribution in [1.82, 2.24) is 4.98 Å². The number of rotatable bonds is 9. The molecule has 202 valence electrons. The van der Waals surface area contributed by atoms with E-state index in [0.29, 0.717) is 27.8 Å². The van der Waals surface area contributed by atoms with Gasteiger partial charge in [-0.25, -0.2) is 14.6 Å². The van der Waals surface area contributed by atoms with E-state index in [9.17, 15) is 19.6 Å². The van der Waals surface area contributed by atoms with Crippen molar-refractivity contribution >= 4 is 45.9 Å². The number of fused-ring (bicyclic) bond motifs is 1. The maximum absolute atomic E-state index is 12.8. The topological polar surface area (TPSA) is 118 Å². The lowest BCUT2D eigenvalue weighted by atomic mass is 9.82. The summed E-state index contributed by atoms with van der Waals surface area (Å²) in [6.07, 6.45) is 2.81. The first kappa shape index (κ1) is 28.3. The minimum absolute atomic E-state index is 0.122. The van der Waals surface area contributed by atoms with Crippen molar-refractivity contribution in [3.63, 3.8) is 0 Å². The molecule has 1 N–H and O–H groups in total. The Balaban J connectivity index is 1.42. The molecule has 1 aromatic carbocycles. The number of methoxy groups -OCH3 is 1. The SMILES string of the molecule is CCOC(=O)c1sc(NC(=O)CCSc2nc3c(cc2C#N)CC(c2ccccc2)CC3)c(C(=O)OC)c1C. The van der Waals surface area contributed by atoms with E-state index in [4.69, 9.17) is 14.5 Å². The molecule has 1 unspecified atom stereocenters. The van der Waals surface area contributed by atoms with Gasteiger partial charge in [-0.1, -0.05) is 30.3 Å². The largest absolute Gasteiger partial charge is 0.465 e. The van der Waals surface area contributed by atoms with Gasteiger partial charge in [-0.05, 0) is 61.8 Å². The van der Waals surface area contributed by atoms with Crippen LogP contribution in [0.25, 0.3) is 0 Å². The number of carbonyl (C=O) groups is 3. The number of esters is 2. The van der Waals surface area contributed by atoms with E-state index in [2.05, 4.69) is 35.7 Å². The summed E-state index contributed by atoms with van der Waals surface area (Å²) < 4.78 is 9.92. The maximum atomic E-state index is 12.8. The average Bonchev–Trinajstić information content (AvgIpc) is 3.27. The molecule has 2 aromatic heterocycles. The van der Waals surface area contributed by atoms with Crippen LogP contribution < -0.4 is 5.32 Å². The fraction of sp³-hybridized carbons (Fsp3) is 0.345. The van der Waals surface area contributed by atoms with Crippen LogP contribution in [-0.2, 0) is 27.1 Å². The summed E-state index contributed by atoms with van der Waals surface area (Å²) in [7, 11) is 1.24. The number of hydrogen-bond donors (Lipinski definition) is 1. The Morgan fingerprint density at radius 3 is 2.69 bits per heavy atom. The number of nitrogens with one attached hydrogen (secondary N) is 1. The van der Waals surface area contributed by atoms with E-state index in [0.717, 1.165) is 41.9 Å². The summed E-state index contributed by atoms with van der Waals surface area (Å²) in [5.74, 6) is -0.725. The number of thiophene rings is 1. The Morgan fingerprint density at radius 1 is 1.23 bits per heavy atom. The van der Waals surface area contributed by atoms with E-state index in [1.54, 1.807) is 13.8 Å². The third-order valence-electron chi connectivity index (χ3n) is 6.56. The molecular formula is C29H29N3O5S2. The number of amides is 1. The number of ether oxygens (including phenoxy) is 2. The standard InChI is InChI=1S/C29H29N3O5S2/c1-4-37-29(35)25-17(2)24(28(34)36-3)27(39-25)32-23(33)12-13-38-26-21(16-30)15-20-14-19(10-11-22(20)31-26)18-8-6-5-7-9-18/h5-9,15,19H,4,10-14H2,1-3H3,(H,32,33). The second-order valence-corrected chi connectivity index (χ2v) is 11.1. The quantitative estimate of drug-likeness (QED) is 0.261. The first-order valence-corrected chi connectivity index (χ1v) is 14.5. The average molecular weight is 564 g/mol. The second-order valence-electron chi connectivity index (χ2n) is 9.03. The number of anilines is 1. The van der Waals surface area contributed by atoms with Crippen molar-refractivity contribution in [2.24, 2.45) is 0 Å². The number of hydrogen-bond acceptors (Lipinski definition) is 9. The summed E-state index contributed by atoms with van der Waals surface area (Å²) in [5.41, 5.74) is 4.47. The van der Waals surface area contributed by atoms with Gasteiger partial charge in [0.1, 0.15) is 21.0 Å². The molecule has 0 radical (unpaired) electrons. The van der Waals surface area contributed by atoms with Crippen LogP contribution in [0.2, 0.25) is 0 Å². The normalized spacial score (nSPS) is 14.2. The molecule has 0 spiro atoms. The van der Waals surface area contributed by atoms with Crippen LogP contribution >= 0.6 is 23.1 Å². The number of aromatic nitrogens is 1. The Kier molecular flexibility index (Phi) is 9.38. The Morgan fingerprint density at radius 2 is 2.00 bits per heavy atom. The van der Waals surface area contributed by atoms with Gasteiger partial charge < -0.3 is 14.8 Å². The van der Waals surface area contributed by atoms with E-state index in [-0.39, 0.29) is 34.4 Å². The molecule has 4 rings (SSSR count). The molecule has 2 heterocycles. The van der Waals surface area contributed by atoms with Gasteiger partial charge in [0, 0.05) is 17.9 Å². The number of carbonyl (C=O) groups excluding carboxylic acids is 3. The van der Waals surface area contributed by atoms with Crippen molar-refractivity contribution in [1.29, 1.82) is 5.26 Å². The lowest BCUT2D eigenvalue weighted by molar-refractivity contribution is -0.115. The van der Waals surface area contributed by atoms with Crippen molar-refractivity contribution in [3.8, 4) is 6.07 Å². The molecule has 8 nitrogen and oxygen atoms in total. The highest BCUT2D eigenvalue weighted by Gasteiger charge is 2.27. The van der Waals surface area contributed by atoms with Crippen LogP contribution in [-0.4, -0.2) is 42.3 Å². The van der Waals surface area contributed by atoms with E-state index >= 15 is 0 Å². The smallest absolute Gasteiger partial charge is 0.348 e. The predicted molar refractivity (Wildman–Crippen MR) is 150 cm³/mol. The molecule has 0 fully saturated rings. The van der Waals surface area contributed by atoms with Gasteiger partial charge >= 0.3 is 11.9 Å². The van der Waals surface area contributed by atoms with E-state index < -0.39 is 11.9 Å². The van der Waals surface area contributed by atoms with Crippen LogP contribution in [0.1, 0.15) is 73.7 Å². The number of nitrogens with zero attached hydrogens (tertiary/aromatic N) is 2. The minimum atomic E-state index is -0.643. The zero-order valence-corrected chi connectivity index (χ0v) is 23.7.